The summed E-state index contributed by atoms with van der Waals surface area (Å²) in [5.41, 5.74) is 2.27. The van der Waals surface area contributed by atoms with E-state index >= 15 is 0 Å². The lowest BCUT2D eigenvalue weighted by Gasteiger charge is -2.07. The molecule has 0 aliphatic carbocycles. The molecule has 0 unspecified atom stereocenters. The Labute approximate surface area is 101 Å². The van der Waals surface area contributed by atoms with Crippen molar-refractivity contribution < 1.29 is 4.74 Å². The average molecular weight is 228 g/mol. The van der Waals surface area contributed by atoms with Gasteiger partial charge in [0.2, 0.25) is 5.88 Å². The van der Waals surface area contributed by atoms with Crippen molar-refractivity contribution in [3.63, 3.8) is 0 Å². The number of benzene rings is 1. The minimum Gasteiger partial charge on any atom is -0.439 e. The van der Waals surface area contributed by atoms with Crippen molar-refractivity contribution in [2.45, 2.75) is 13.5 Å². The van der Waals surface area contributed by atoms with Gasteiger partial charge in [0.25, 0.3) is 0 Å². The monoisotopic (exact) mass is 228 g/mol. The summed E-state index contributed by atoms with van der Waals surface area (Å²) in [5.74, 6) is 1.47. The number of rotatable bonds is 4. The fourth-order valence-electron chi connectivity index (χ4n) is 1.57. The summed E-state index contributed by atoms with van der Waals surface area (Å²) in [4.78, 5) is 4.20. The van der Waals surface area contributed by atoms with E-state index in [1.807, 2.05) is 50.4 Å². The predicted octanol–water partition coefficient (Wildman–Crippen LogP) is 2.90. The minimum absolute atomic E-state index is 0.661. The molecule has 1 N–H and O–H groups in total. The summed E-state index contributed by atoms with van der Waals surface area (Å²) < 4.78 is 5.71. The van der Waals surface area contributed by atoms with Crippen LogP contribution in [0, 0.1) is 6.92 Å². The van der Waals surface area contributed by atoms with Crippen LogP contribution in [0.5, 0.6) is 11.6 Å². The number of ether oxygens (including phenoxy) is 1. The smallest absolute Gasteiger partial charge is 0.222 e. The highest BCUT2D eigenvalue weighted by Crippen LogP contribution is 2.22. The third kappa shape index (κ3) is 3.04. The molecule has 2 rings (SSSR count). The molecule has 1 aromatic heterocycles. The van der Waals surface area contributed by atoms with Crippen molar-refractivity contribution in [3.05, 3.63) is 53.7 Å². The molecule has 0 spiro atoms. The van der Waals surface area contributed by atoms with Gasteiger partial charge in [0.1, 0.15) is 5.75 Å². The number of hydrogen-bond acceptors (Lipinski definition) is 3. The molecule has 0 aliphatic heterocycles. The van der Waals surface area contributed by atoms with Crippen LogP contribution in [0.1, 0.15) is 11.1 Å². The number of nitrogens with one attached hydrogen (secondary N) is 1. The zero-order valence-corrected chi connectivity index (χ0v) is 10.1. The lowest BCUT2D eigenvalue weighted by molar-refractivity contribution is 0.458. The van der Waals surface area contributed by atoms with E-state index in [1.165, 1.54) is 5.56 Å². The standard InChI is InChI=1S/C14H16N2O/c1-11-4-3-9-16-14(11)17-13-7-5-12(6-8-13)10-15-2/h3-9,15H,10H2,1-2H3. The zero-order chi connectivity index (χ0) is 12.1. The van der Waals surface area contributed by atoms with Crippen LogP contribution >= 0.6 is 0 Å². The highest BCUT2D eigenvalue weighted by molar-refractivity contribution is 5.33. The number of aryl methyl sites for hydroxylation is 1. The molecule has 0 saturated heterocycles. The first kappa shape index (κ1) is 11.6. The topological polar surface area (TPSA) is 34.1 Å². The Hall–Kier alpha value is -1.87. The van der Waals surface area contributed by atoms with Gasteiger partial charge in [-0.05, 0) is 37.7 Å². The van der Waals surface area contributed by atoms with E-state index in [4.69, 9.17) is 4.74 Å². The van der Waals surface area contributed by atoms with E-state index in [-0.39, 0.29) is 0 Å². The Morgan fingerprint density at radius 2 is 1.94 bits per heavy atom. The average Bonchev–Trinajstić information content (AvgIpc) is 2.35. The summed E-state index contributed by atoms with van der Waals surface area (Å²) in [6.07, 6.45) is 1.73. The van der Waals surface area contributed by atoms with Crippen molar-refractivity contribution >= 4 is 0 Å². The maximum absolute atomic E-state index is 5.71. The van der Waals surface area contributed by atoms with Crippen LogP contribution in [-0.2, 0) is 6.54 Å². The van der Waals surface area contributed by atoms with Crippen LogP contribution in [0.3, 0.4) is 0 Å². The molecule has 17 heavy (non-hydrogen) atoms. The third-order valence-corrected chi connectivity index (χ3v) is 2.48. The van der Waals surface area contributed by atoms with Crippen molar-refractivity contribution in [1.82, 2.24) is 10.3 Å². The normalized spacial score (nSPS) is 10.2. The van der Waals surface area contributed by atoms with Crippen molar-refractivity contribution in [2.75, 3.05) is 7.05 Å². The van der Waals surface area contributed by atoms with Crippen LogP contribution in [-0.4, -0.2) is 12.0 Å². The van der Waals surface area contributed by atoms with Crippen LogP contribution in [0.15, 0.2) is 42.6 Å². The second-order valence-electron chi connectivity index (χ2n) is 3.90. The second kappa shape index (κ2) is 5.46. The molecular formula is C14H16N2O. The van der Waals surface area contributed by atoms with Gasteiger partial charge in [-0.1, -0.05) is 18.2 Å². The van der Waals surface area contributed by atoms with E-state index in [1.54, 1.807) is 6.20 Å². The predicted molar refractivity (Wildman–Crippen MR) is 68.3 cm³/mol. The zero-order valence-electron chi connectivity index (χ0n) is 10.1. The van der Waals surface area contributed by atoms with Crippen LogP contribution in [0.2, 0.25) is 0 Å². The molecule has 0 aliphatic rings. The molecule has 1 heterocycles. The lowest BCUT2D eigenvalue weighted by Crippen LogP contribution is -2.04. The first-order valence-corrected chi connectivity index (χ1v) is 5.62. The first-order valence-electron chi connectivity index (χ1n) is 5.62. The van der Waals surface area contributed by atoms with Gasteiger partial charge in [0, 0.05) is 18.3 Å². The van der Waals surface area contributed by atoms with Crippen molar-refractivity contribution in [2.24, 2.45) is 0 Å². The minimum atomic E-state index is 0.661. The van der Waals surface area contributed by atoms with Crippen LogP contribution in [0.4, 0.5) is 0 Å². The van der Waals surface area contributed by atoms with Gasteiger partial charge in [-0.15, -0.1) is 0 Å². The Balaban J connectivity index is 2.11. The summed E-state index contributed by atoms with van der Waals surface area (Å²) in [6, 6.07) is 11.9. The molecule has 0 amide bonds. The van der Waals surface area contributed by atoms with Crippen molar-refractivity contribution in [1.29, 1.82) is 0 Å². The van der Waals surface area contributed by atoms with Crippen LogP contribution < -0.4 is 10.1 Å². The molecule has 88 valence electrons. The van der Waals surface area contributed by atoms with Gasteiger partial charge in [-0.3, -0.25) is 0 Å². The SMILES string of the molecule is CNCc1ccc(Oc2ncccc2C)cc1. The van der Waals surface area contributed by atoms with Gasteiger partial charge in [0.15, 0.2) is 0 Å². The number of aromatic nitrogens is 1. The Morgan fingerprint density at radius 1 is 1.18 bits per heavy atom. The first-order chi connectivity index (χ1) is 8.29. The van der Waals surface area contributed by atoms with Crippen LogP contribution in [0.25, 0.3) is 0 Å². The molecule has 0 fully saturated rings. The molecule has 0 saturated carbocycles. The van der Waals surface area contributed by atoms with Gasteiger partial charge < -0.3 is 10.1 Å². The van der Waals surface area contributed by atoms with Gasteiger partial charge >= 0.3 is 0 Å². The largest absolute Gasteiger partial charge is 0.439 e. The highest BCUT2D eigenvalue weighted by atomic mass is 16.5. The van der Waals surface area contributed by atoms with Crippen molar-refractivity contribution in [3.8, 4) is 11.6 Å². The fraction of sp³-hybridized carbons (Fsp3) is 0.214. The van der Waals surface area contributed by atoms with Gasteiger partial charge in [-0.2, -0.15) is 0 Å². The van der Waals surface area contributed by atoms with Gasteiger partial charge in [0.05, 0.1) is 0 Å². The maximum atomic E-state index is 5.71. The molecule has 1 aromatic carbocycles. The number of hydrogen-bond donors (Lipinski definition) is 1. The quantitative estimate of drug-likeness (QED) is 0.873. The lowest BCUT2D eigenvalue weighted by atomic mass is 10.2. The molecule has 3 heteroatoms. The van der Waals surface area contributed by atoms with E-state index in [0.717, 1.165) is 17.9 Å². The number of nitrogens with zero attached hydrogens (tertiary/aromatic N) is 1. The molecule has 3 nitrogen and oxygen atoms in total. The van der Waals surface area contributed by atoms with Gasteiger partial charge in [-0.25, -0.2) is 4.98 Å². The maximum Gasteiger partial charge on any atom is 0.222 e. The Bertz CT molecular complexity index is 480. The Morgan fingerprint density at radius 3 is 2.59 bits per heavy atom. The fourth-order valence-corrected chi connectivity index (χ4v) is 1.57. The second-order valence-corrected chi connectivity index (χ2v) is 3.90. The Kier molecular flexibility index (Phi) is 3.73. The molecule has 2 aromatic rings. The number of pyridine rings is 1. The summed E-state index contributed by atoms with van der Waals surface area (Å²) >= 11 is 0. The van der Waals surface area contributed by atoms with E-state index in [2.05, 4.69) is 10.3 Å². The molecule has 0 atom stereocenters. The summed E-state index contributed by atoms with van der Waals surface area (Å²) in [6.45, 7) is 2.85. The summed E-state index contributed by atoms with van der Waals surface area (Å²) in [7, 11) is 1.93. The molecule has 0 radical (unpaired) electrons. The van der Waals surface area contributed by atoms with E-state index in [9.17, 15) is 0 Å². The highest BCUT2D eigenvalue weighted by Gasteiger charge is 2.01. The third-order valence-electron chi connectivity index (χ3n) is 2.48. The summed E-state index contributed by atoms with van der Waals surface area (Å²) in [5, 5.41) is 3.11. The van der Waals surface area contributed by atoms with E-state index < -0.39 is 0 Å². The molecule has 0 bridgehead atoms. The van der Waals surface area contributed by atoms with E-state index in [0.29, 0.717) is 5.88 Å². The molecular weight excluding hydrogens is 212 g/mol.